The van der Waals surface area contributed by atoms with E-state index in [9.17, 15) is 0 Å². The van der Waals surface area contributed by atoms with E-state index in [2.05, 4.69) is 133 Å². The molecule has 1 aromatic heterocycles. The van der Waals surface area contributed by atoms with Crippen molar-refractivity contribution in [1.82, 2.24) is 9.69 Å². The summed E-state index contributed by atoms with van der Waals surface area (Å²) in [7, 11) is 0. The Hall–Kier alpha value is -0.805. The van der Waals surface area contributed by atoms with E-state index in [1.807, 2.05) is 0 Å². The van der Waals surface area contributed by atoms with Crippen LogP contribution in [0.25, 0.3) is 0 Å². The number of hydrogen-bond donors (Lipinski definition) is 0. The number of aromatic nitrogens is 2. The zero-order valence-corrected chi connectivity index (χ0v) is 20.9. The van der Waals surface area contributed by atoms with Crippen LogP contribution in [0, 0.1) is 0 Å². The van der Waals surface area contributed by atoms with Gasteiger partial charge in [0.25, 0.3) is 0 Å². The molecule has 0 bridgehead atoms. The Bertz CT molecular complexity index is 731. The average molecular weight is 418 g/mol. The predicted octanol–water partition coefficient (Wildman–Crippen LogP) is 6.02. The second-order valence-electron chi connectivity index (χ2n) is 10.9. The quantitative estimate of drug-likeness (QED) is 0.535. The van der Waals surface area contributed by atoms with Gasteiger partial charge in [-0.25, -0.2) is 5.10 Å². The molecule has 5 heteroatoms. The highest BCUT2D eigenvalue weighted by molar-refractivity contribution is 8.04. The summed E-state index contributed by atoms with van der Waals surface area (Å²) in [5.74, 6) is 0. The van der Waals surface area contributed by atoms with Crippen LogP contribution in [0.15, 0.2) is 42.6 Å². The molecule has 0 aliphatic rings. The van der Waals surface area contributed by atoms with Gasteiger partial charge in [0.2, 0.25) is 0 Å². The average Bonchev–Trinajstić information content (AvgIpc) is 3.05. The monoisotopic (exact) mass is 417 g/mol. The van der Waals surface area contributed by atoms with E-state index in [1.165, 1.54) is 5.46 Å². The third-order valence-corrected chi connectivity index (χ3v) is 8.06. The first-order valence-electron chi connectivity index (χ1n) is 10.3. The molecule has 0 amide bonds. The molecule has 0 atom stereocenters. The smallest absolute Gasteiger partial charge is 0.158 e. The minimum atomic E-state index is -1.04. The third kappa shape index (κ3) is 6.35. The van der Waals surface area contributed by atoms with Crippen molar-refractivity contribution in [2.24, 2.45) is 0 Å². The zero-order valence-electron chi connectivity index (χ0n) is 19.2. The molecule has 1 aromatic carbocycles. The molecule has 0 saturated heterocycles. The lowest BCUT2D eigenvalue weighted by molar-refractivity contribution is 0.562. The Morgan fingerprint density at radius 2 is 1.29 bits per heavy atom. The minimum absolute atomic E-state index is 0.0537. The fraction of sp³-hybridized carbons (Fsp3) is 0.609. The second-order valence-corrected chi connectivity index (χ2v) is 14.6. The fourth-order valence-corrected chi connectivity index (χ4v) is 5.77. The molecule has 0 aliphatic heterocycles. The molecule has 0 unspecified atom stereocenters. The fourth-order valence-electron chi connectivity index (χ4n) is 3.15. The standard InChI is InChI=1S/C23H38BN2S2/c1-21(2,3)20-15-16-26(25-20)24(17-27-22(4,5)6,18-28-23(7,8)9)19-13-11-10-12-14-19/h10-16H,17-18H2,1-9H3/q-1. The Balaban J connectivity index is 2.59. The van der Waals surface area contributed by atoms with Gasteiger partial charge in [-0.3, -0.25) is 0 Å². The summed E-state index contributed by atoms with van der Waals surface area (Å²) in [5, 5.41) is 5.15. The molecule has 28 heavy (non-hydrogen) atoms. The van der Waals surface area contributed by atoms with E-state index in [-0.39, 0.29) is 14.9 Å². The van der Waals surface area contributed by atoms with Gasteiger partial charge >= 0.3 is 0 Å². The van der Waals surface area contributed by atoms with Crippen molar-refractivity contribution in [1.29, 1.82) is 0 Å². The minimum Gasteiger partial charge on any atom is -0.439 e. The van der Waals surface area contributed by atoms with E-state index in [0.29, 0.717) is 0 Å². The van der Waals surface area contributed by atoms with Crippen LogP contribution in [0.2, 0.25) is 0 Å². The summed E-state index contributed by atoms with van der Waals surface area (Å²) in [6.45, 7) is 20.6. The maximum atomic E-state index is 5.15. The first-order chi connectivity index (χ1) is 12.7. The van der Waals surface area contributed by atoms with Gasteiger partial charge in [-0.1, -0.05) is 92.6 Å². The Morgan fingerprint density at radius 1 is 0.786 bits per heavy atom. The number of rotatable bonds is 6. The summed E-state index contributed by atoms with van der Waals surface area (Å²) in [6.07, 6.45) is 1.18. The van der Waals surface area contributed by atoms with Gasteiger partial charge in [-0.2, -0.15) is 29.0 Å². The lowest BCUT2D eigenvalue weighted by Gasteiger charge is -2.44. The number of hydrogen-bond acceptors (Lipinski definition) is 3. The van der Waals surface area contributed by atoms with Gasteiger partial charge < -0.3 is 4.59 Å². The Labute approximate surface area is 181 Å². The van der Waals surface area contributed by atoms with Crippen LogP contribution >= 0.6 is 23.5 Å². The molecule has 0 N–H and O–H groups in total. The van der Waals surface area contributed by atoms with Crippen molar-refractivity contribution in [3.8, 4) is 0 Å². The third-order valence-electron chi connectivity index (χ3n) is 4.89. The van der Waals surface area contributed by atoms with Gasteiger partial charge in [-0.15, -0.1) is 11.3 Å². The molecule has 0 spiro atoms. The molecule has 0 aliphatic carbocycles. The predicted molar refractivity (Wildman–Crippen MR) is 133 cm³/mol. The first-order valence-corrected chi connectivity index (χ1v) is 12.3. The first kappa shape index (κ1) is 23.5. The van der Waals surface area contributed by atoms with Crippen LogP contribution in [-0.2, 0) is 5.41 Å². The maximum Gasteiger partial charge on any atom is 0.158 e. The molecular weight excluding hydrogens is 379 g/mol. The van der Waals surface area contributed by atoms with Crippen LogP contribution in [0.4, 0.5) is 0 Å². The van der Waals surface area contributed by atoms with Gasteiger partial charge in [-0.05, 0) is 12.3 Å². The Morgan fingerprint density at radius 3 is 1.68 bits per heavy atom. The highest BCUT2D eigenvalue weighted by Gasteiger charge is 2.34. The van der Waals surface area contributed by atoms with Gasteiger partial charge in [0.05, 0.1) is 5.69 Å². The van der Waals surface area contributed by atoms with Crippen LogP contribution in [0.5, 0.6) is 0 Å². The largest absolute Gasteiger partial charge is 0.439 e. The highest BCUT2D eigenvalue weighted by Crippen LogP contribution is 2.33. The van der Waals surface area contributed by atoms with E-state index in [1.54, 1.807) is 0 Å². The van der Waals surface area contributed by atoms with E-state index >= 15 is 0 Å². The van der Waals surface area contributed by atoms with Crippen molar-refractivity contribution in [3.05, 3.63) is 48.3 Å². The molecule has 0 fully saturated rings. The maximum absolute atomic E-state index is 5.15. The van der Waals surface area contributed by atoms with Crippen LogP contribution in [0.3, 0.4) is 0 Å². The summed E-state index contributed by atoms with van der Waals surface area (Å²) < 4.78 is 2.75. The molecule has 0 saturated carbocycles. The van der Waals surface area contributed by atoms with Crippen LogP contribution < -0.4 is 5.46 Å². The lowest BCUT2D eigenvalue weighted by Crippen LogP contribution is -2.61. The van der Waals surface area contributed by atoms with Gasteiger partial charge in [0.15, 0.2) is 6.28 Å². The van der Waals surface area contributed by atoms with Crippen molar-refractivity contribution in [2.75, 3.05) is 11.3 Å². The van der Waals surface area contributed by atoms with E-state index < -0.39 is 6.28 Å². The molecule has 1 heterocycles. The molecule has 2 aromatic rings. The number of nitrogens with zero attached hydrogens (tertiary/aromatic N) is 2. The zero-order chi connectivity index (χ0) is 21.2. The molecule has 156 valence electrons. The lowest BCUT2D eigenvalue weighted by atomic mass is 9.34. The molecular formula is C23H38BN2S2-. The van der Waals surface area contributed by atoms with E-state index in [4.69, 9.17) is 5.10 Å². The van der Waals surface area contributed by atoms with Gasteiger partial charge in [0, 0.05) is 14.9 Å². The number of thioether (sulfide) groups is 2. The van der Waals surface area contributed by atoms with Crippen molar-refractivity contribution >= 4 is 35.3 Å². The van der Waals surface area contributed by atoms with Gasteiger partial charge in [0.1, 0.15) is 0 Å². The molecule has 2 rings (SSSR count). The second kappa shape index (κ2) is 8.51. The number of benzene rings is 1. The van der Waals surface area contributed by atoms with Crippen molar-refractivity contribution in [2.45, 2.75) is 77.2 Å². The topological polar surface area (TPSA) is 17.8 Å². The Kier molecular flexibility index (Phi) is 7.14. The highest BCUT2D eigenvalue weighted by atomic mass is 32.2. The molecule has 2 nitrogen and oxygen atoms in total. The van der Waals surface area contributed by atoms with Crippen molar-refractivity contribution < 1.29 is 0 Å². The summed E-state index contributed by atoms with van der Waals surface area (Å²) in [5.41, 5.74) is 4.73. The SMILES string of the molecule is CC(C)(C)SC[B-](CSC(C)(C)C)(c1ccccc1)n1ccc(C(C)(C)C)n1. The van der Waals surface area contributed by atoms with Crippen LogP contribution in [0.1, 0.15) is 68.0 Å². The summed E-state index contributed by atoms with van der Waals surface area (Å²) in [4.78, 5) is 0. The van der Waals surface area contributed by atoms with E-state index in [0.717, 1.165) is 17.0 Å². The normalized spacial score (nSPS) is 13.8. The summed E-state index contributed by atoms with van der Waals surface area (Å²) >= 11 is 4.10. The summed E-state index contributed by atoms with van der Waals surface area (Å²) in [6, 6.07) is 13.3. The van der Waals surface area contributed by atoms with Crippen molar-refractivity contribution in [3.63, 3.8) is 0 Å². The molecule has 0 radical (unpaired) electrons. The van der Waals surface area contributed by atoms with Crippen LogP contribution in [-0.4, -0.2) is 36.8 Å².